The van der Waals surface area contributed by atoms with Crippen LogP contribution in [0.15, 0.2) is 42.6 Å². The molecule has 1 aromatic carbocycles. The molecule has 3 rings (SSSR count). The minimum atomic E-state index is 0. The summed E-state index contributed by atoms with van der Waals surface area (Å²) in [6.45, 7) is 4.03. The third-order valence-corrected chi connectivity index (χ3v) is 2.97. The molecule has 18 heavy (non-hydrogen) atoms. The fraction of sp³-hybridized carbons (Fsp3) is 0.143. The molecule has 3 radical (unpaired) electrons. The quantitative estimate of drug-likeness (QED) is 0.606. The van der Waals surface area contributed by atoms with Crippen molar-refractivity contribution in [1.29, 1.82) is 0 Å². The van der Waals surface area contributed by atoms with Crippen LogP contribution >= 0.6 is 0 Å². The number of fused-ring (bicyclic) bond motifs is 1. The monoisotopic (exact) mass is 234 g/mol. The molecule has 0 bridgehead atoms. The van der Waals surface area contributed by atoms with Gasteiger partial charge in [0.25, 0.3) is 0 Å². The third kappa shape index (κ3) is 1.90. The molecule has 3 nitrogen and oxygen atoms in total. The summed E-state index contributed by atoms with van der Waals surface area (Å²) in [5.74, 6) is 0.917. The van der Waals surface area contributed by atoms with Gasteiger partial charge in [-0.1, -0.05) is 30.3 Å². The van der Waals surface area contributed by atoms with Gasteiger partial charge in [0.15, 0.2) is 5.65 Å². The summed E-state index contributed by atoms with van der Waals surface area (Å²) < 4.78 is 2.04. The van der Waals surface area contributed by atoms with Crippen LogP contribution < -0.4 is 0 Å². The van der Waals surface area contributed by atoms with Crippen molar-refractivity contribution in [1.82, 2.24) is 14.6 Å². The van der Waals surface area contributed by atoms with Gasteiger partial charge in [0.05, 0.1) is 0 Å². The van der Waals surface area contributed by atoms with Crippen molar-refractivity contribution in [3.63, 3.8) is 0 Å². The SMILES string of the molecule is Cc1cc(-c2ccccc2)cn2c(C)nnc12.[B]. The molecular formula is C14H13BN3. The van der Waals surface area contributed by atoms with E-state index in [2.05, 4.69) is 41.5 Å². The largest absolute Gasteiger partial charge is 0.286 e. The first-order valence-electron chi connectivity index (χ1n) is 5.63. The van der Waals surface area contributed by atoms with Crippen molar-refractivity contribution < 1.29 is 0 Å². The predicted octanol–water partition coefficient (Wildman–Crippen LogP) is 2.63. The summed E-state index contributed by atoms with van der Waals surface area (Å²) in [6, 6.07) is 12.5. The zero-order chi connectivity index (χ0) is 11.8. The average molecular weight is 234 g/mol. The summed E-state index contributed by atoms with van der Waals surface area (Å²) in [5.41, 5.74) is 4.48. The molecule has 0 fully saturated rings. The van der Waals surface area contributed by atoms with Crippen molar-refractivity contribution in [3.8, 4) is 11.1 Å². The van der Waals surface area contributed by atoms with Crippen LogP contribution in [0.4, 0.5) is 0 Å². The molecule has 0 aliphatic carbocycles. The molecule has 0 amide bonds. The predicted molar refractivity (Wildman–Crippen MR) is 73.7 cm³/mol. The van der Waals surface area contributed by atoms with Crippen LogP contribution in [0, 0.1) is 13.8 Å². The first-order chi connectivity index (χ1) is 8.25. The first kappa shape index (κ1) is 12.4. The molecule has 0 spiro atoms. The summed E-state index contributed by atoms with van der Waals surface area (Å²) in [5, 5.41) is 8.27. The Morgan fingerprint density at radius 2 is 1.67 bits per heavy atom. The van der Waals surface area contributed by atoms with Crippen LogP contribution in [0.5, 0.6) is 0 Å². The van der Waals surface area contributed by atoms with E-state index < -0.39 is 0 Å². The normalized spacial score (nSPS) is 10.3. The lowest BCUT2D eigenvalue weighted by Crippen LogP contribution is -1.92. The number of benzene rings is 1. The van der Waals surface area contributed by atoms with Crippen molar-refractivity contribution in [2.75, 3.05) is 0 Å². The maximum absolute atomic E-state index is 4.17. The summed E-state index contributed by atoms with van der Waals surface area (Å²) in [7, 11) is 0. The van der Waals surface area contributed by atoms with Gasteiger partial charge >= 0.3 is 0 Å². The van der Waals surface area contributed by atoms with E-state index >= 15 is 0 Å². The highest BCUT2D eigenvalue weighted by molar-refractivity contribution is 5.75. The Balaban J connectivity index is 0.00000120. The van der Waals surface area contributed by atoms with Crippen molar-refractivity contribution in [3.05, 3.63) is 54.0 Å². The Bertz CT molecular complexity index is 674. The molecule has 0 saturated carbocycles. The number of nitrogens with zero attached hydrogens (tertiary/aromatic N) is 3. The van der Waals surface area contributed by atoms with Gasteiger partial charge in [-0.25, -0.2) is 0 Å². The smallest absolute Gasteiger partial charge is 0.163 e. The van der Waals surface area contributed by atoms with Crippen LogP contribution in [0.1, 0.15) is 11.4 Å². The second-order valence-electron chi connectivity index (χ2n) is 4.22. The highest BCUT2D eigenvalue weighted by Gasteiger charge is 2.06. The Labute approximate surface area is 108 Å². The number of hydrogen-bond donors (Lipinski definition) is 0. The van der Waals surface area contributed by atoms with Gasteiger partial charge in [-0.15, -0.1) is 10.2 Å². The second kappa shape index (κ2) is 4.65. The lowest BCUT2D eigenvalue weighted by atomic mass is 10.1. The average Bonchev–Trinajstić information content (AvgIpc) is 2.73. The Kier molecular flexibility index (Phi) is 3.19. The van der Waals surface area contributed by atoms with Crippen molar-refractivity contribution >= 4 is 14.1 Å². The molecular weight excluding hydrogens is 221 g/mol. The number of hydrogen-bond acceptors (Lipinski definition) is 2. The van der Waals surface area contributed by atoms with Gasteiger partial charge in [-0.2, -0.15) is 0 Å². The molecule has 2 aromatic heterocycles. The fourth-order valence-electron chi connectivity index (χ4n) is 2.06. The van der Waals surface area contributed by atoms with Crippen molar-refractivity contribution in [2.45, 2.75) is 13.8 Å². The Hall–Kier alpha value is -2.10. The standard InChI is InChI=1S/C14H13N3.B/c1-10-8-13(12-6-4-3-5-7-12)9-17-11(2)15-16-14(10)17;/h3-9H,1-2H3;. The lowest BCUT2D eigenvalue weighted by molar-refractivity contribution is 1.01. The van der Waals surface area contributed by atoms with E-state index in [1.807, 2.05) is 29.5 Å². The van der Waals surface area contributed by atoms with Gasteiger partial charge in [0.1, 0.15) is 5.82 Å². The number of rotatable bonds is 1. The van der Waals surface area contributed by atoms with Crippen LogP contribution in [-0.2, 0) is 0 Å². The highest BCUT2D eigenvalue weighted by Crippen LogP contribution is 2.22. The molecule has 3 aromatic rings. The van der Waals surface area contributed by atoms with E-state index in [0.29, 0.717) is 0 Å². The highest BCUT2D eigenvalue weighted by atomic mass is 15.2. The maximum Gasteiger partial charge on any atom is 0.163 e. The summed E-state index contributed by atoms with van der Waals surface area (Å²) in [6.07, 6.45) is 2.09. The number of aryl methyl sites for hydroxylation is 2. The molecule has 0 atom stereocenters. The molecule has 2 heterocycles. The lowest BCUT2D eigenvalue weighted by Gasteiger charge is -2.05. The molecule has 0 aliphatic heterocycles. The van der Waals surface area contributed by atoms with Gasteiger partial charge in [0, 0.05) is 14.6 Å². The van der Waals surface area contributed by atoms with E-state index in [1.54, 1.807) is 0 Å². The summed E-state index contributed by atoms with van der Waals surface area (Å²) in [4.78, 5) is 0. The van der Waals surface area contributed by atoms with Crippen LogP contribution in [0.2, 0.25) is 0 Å². The Morgan fingerprint density at radius 1 is 0.944 bits per heavy atom. The maximum atomic E-state index is 4.17. The topological polar surface area (TPSA) is 30.2 Å². The van der Waals surface area contributed by atoms with Gasteiger partial charge in [0.2, 0.25) is 0 Å². The minimum absolute atomic E-state index is 0. The summed E-state index contributed by atoms with van der Waals surface area (Å²) >= 11 is 0. The Morgan fingerprint density at radius 3 is 2.39 bits per heavy atom. The van der Waals surface area contributed by atoms with Crippen LogP contribution in [0.25, 0.3) is 16.8 Å². The molecule has 0 unspecified atom stereocenters. The molecule has 0 saturated heterocycles. The van der Waals surface area contributed by atoms with E-state index in [-0.39, 0.29) is 8.41 Å². The van der Waals surface area contributed by atoms with Gasteiger partial charge < -0.3 is 0 Å². The molecule has 0 N–H and O–H groups in total. The van der Waals surface area contributed by atoms with Crippen LogP contribution in [0.3, 0.4) is 0 Å². The first-order valence-corrected chi connectivity index (χ1v) is 5.63. The van der Waals surface area contributed by atoms with Gasteiger partial charge in [-0.3, -0.25) is 4.40 Å². The zero-order valence-corrected chi connectivity index (χ0v) is 10.5. The fourth-order valence-corrected chi connectivity index (χ4v) is 2.06. The minimum Gasteiger partial charge on any atom is -0.286 e. The van der Waals surface area contributed by atoms with E-state index in [9.17, 15) is 0 Å². The second-order valence-corrected chi connectivity index (χ2v) is 4.22. The molecule has 4 heteroatoms. The van der Waals surface area contributed by atoms with E-state index in [1.165, 1.54) is 11.1 Å². The molecule has 87 valence electrons. The number of aromatic nitrogens is 3. The molecule has 0 aliphatic rings. The van der Waals surface area contributed by atoms with E-state index in [0.717, 1.165) is 17.0 Å². The van der Waals surface area contributed by atoms with Gasteiger partial charge in [-0.05, 0) is 36.6 Å². The van der Waals surface area contributed by atoms with E-state index in [4.69, 9.17) is 0 Å². The third-order valence-electron chi connectivity index (χ3n) is 2.97. The van der Waals surface area contributed by atoms with Crippen LogP contribution in [-0.4, -0.2) is 23.0 Å². The number of pyridine rings is 1. The van der Waals surface area contributed by atoms with Crippen molar-refractivity contribution in [2.24, 2.45) is 0 Å². The zero-order valence-electron chi connectivity index (χ0n) is 10.5.